The fourth-order valence-electron chi connectivity index (χ4n) is 4.34. The van der Waals surface area contributed by atoms with Gasteiger partial charge in [-0.25, -0.2) is 4.98 Å². The van der Waals surface area contributed by atoms with Crippen molar-refractivity contribution in [1.82, 2.24) is 14.5 Å². The molecule has 0 bridgehead atoms. The predicted molar refractivity (Wildman–Crippen MR) is 113 cm³/mol. The number of nitrogens with one attached hydrogen (secondary N) is 1. The molecule has 0 spiro atoms. The van der Waals surface area contributed by atoms with Crippen LogP contribution < -0.4 is 5.73 Å². The van der Waals surface area contributed by atoms with Crippen molar-refractivity contribution in [3.8, 4) is 11.1 Å². The highest BCUT2D eigenvalue weighted by Gasteiger charge is 2.23. The summed E-state index contributed by atoms with van der Waals surface area (Å²) in [4.78, 5) is 19.4. The summed E-state index contributed by atoms with van der Waals surface area (Å²) in [7, 11) is 2.06. The molecule has 0 fully saturated rings. The van der Waals surface area contributed by atoms with E-state index in [1.54, 1.807) is 0 Å². The van der Waals surface area contributed by atoms with E-state index < -0.39 is 0 Å². The Hall–Kier alpha value is -3.34. The Morgan fingerprint density at radius 1 is 1.29 bits per heavy atom. The zero-order valence-electron chi connectivity index (χ0n) is 15.8. The van der Waals surface area contributed by atoms with Gasteiger partial charge >= 0.3 is 0 Å². The number of nitrogens with two attached hydrogens (primary N) is 1. The van der Waals surface area contributed by atoms with Crippen molar-refractivity contribution in [2.24, 2.45) is 18.7 Å². The standard InChI is InChI=1S/C23H22N4O/c1-27-11-9-17-12-16(6-7-20(17)27)19-13-26-23-18(8-10-25-23)21(19)14-2-4-15(5-3-14)22(24)28/h2,6-13,15H,3-5H2,1H3,(H2,24,28)(H,25,26). The molecule has 3 aromatic heterocycles. The third-order valence-corrected chi connectivity index (χ3v) is 5.92. The highest BCUT2D eigenvalue weighted by Crippen LogP contribution is 2.39. The van der Waals surface area contributed by atoms with Gasteiger partial charge in [0.2, 0.25) is 5.91 Å². The molecule has 5 rings (SSSR count). The molecule has 1 aliphatic rings. The molecule has 1 aromatic carbocycles. The van der Waals surface area contributed by atoms with Gasteiger partial charge in [0.15, 0.2) is 0 Å². The minimum absolute atomic E-state index is 0.0589. The van der Waals surface area contributed by atoms with Crippen molar-refractivity contribution < 1.29 is 4.79 Å². The molecule has 3 N–H and O–H groups in total. The van der Waals surface area contributed by atoms with Gasteiger partial charge in [-0.15, -0.1) is 0 Å². The summed E-state index contributed by atoms with van der Waals surface area (Å²) in [5, 5.41) is 2.33. The average Bonchev–Trinajstić information content (AvgIpc) is 3.33. The summed E-state index contributed by atoms with van der Waals surface area (Å²) >= 11 is 0. The molecule has 28 heavy (non-hydrogen) atoms. The van der Waals surface area contributed by atoms with Crippen LogP contribution >= 0.6 is 0 Å². The van der Waals surface area contributed by atoms with Crippen LogP contribution in [0.3, 0.4) is 0 Å². The summed E-state index contributed by atoms with van der Waals surface area (Å²) in [6.07, 6.45) is 10.5. The van der Waals surface area contributed by atoms with Crippen LogP contribution in [0.2, 0.25) is 0 Å². The molecule has 4 aromatic rings. The second-order valence-corrected chi connectivity index (χ2v) is 7.59. The number of aromatic nitrogens is 3. The third kappa shape index (κ3) is 2.62. The van der Waals surface area contributed by atoms with Gasteiger partial charge < -0.3 is 15.3 Å². The molecule has 0 radical (unpaired) electrons. The lowest BCUT2D eigenvalue weighted by atomic mass is 9.83. The largest absolute Gasteiger partial charge is 0.369 e. The first kappa shape index (κ1) is 16.8. The Bertz CT molecular complexity index is 1240. The lowest BCUT2D eigenvalue weighted by molar-refractivity contribution is -0.121. The van der Waals surface area contributed by atoms with Crippen LogP contribution in [0.4, 0.5) is 0 Å². The van der Waals surface area contributed by atoms with E-state index in [9.17, 15) is 4.79 Å². The van der Waals surface area contributed by atoms with Crippen LogP contribution in [0, 0.1) is 5.92 Å². The smallest absolute Gasteiger partial charge is 0.220 e. The first-order valence-corrected chi connectivity index (χ1v) is 9.62. The Morgan fingerprint density at radius 2 is 2.18 bits per heavy atom. The fourth-order valence-corrected chi connectivity index (χ4v) is 4.34. The third-order valence-electron chi connectivity index (χ3n) is 5.92. The number of aryl methyl sites for hydroxylation is 1. The molecule has 0 saturated heterocycles. The summed E-state index contributed by atoms with van der Waals surface area (Å²) in [5.74, 6) is -0.261. The number of rotatable bonds is 3. The molecule has 1 aliphatic carbocycles. The summed E-state index contributed by atoms with van der Waals surface area (Å²) in [6, 6.07) is 10.8. The van der Waals surface area contributed by atoms with Gasteiger partial charge in [-0.2, -0.15) is 0 Å². The zero-order chi connectivity index (χ0) is 19.3. The SMILES string of the molecule is Cn1ccc2cc(-c3cnc4[nH]ccc4c3C3=CCC(C(N)=O)CC3)ccc21. The quantitative estimate of drug-likeness (QED) is 0.561. The van der Waals surface area contributed by atoms with Crippen LogP contribution in [-0.2, 0) is 11.8 Å². The highest BCUT2D eigenvalue weighted by molar-refractivity contribution is 5.99. The van der Waals surface area contributed by atoms with E-state index in [2.05, 4.69) is 64.2 Å². The summed E-state index contributed by atoms with van der Waals surface area (Å²) in [6.45, 7) is 0. The topological polar surface area (TPSA) is 76.7 Å². The predicted octanol–water partition coefficient (Wildman–Crippen LogP) is 4.39. The Morgan fingerprint density at radius 3 is 2.96 bits per heavy atom. The number of hydrogen-bond donors (Lipinski definition) is 2. The number of fused-ring (bicyclic) bond motifs is 2. The molecule has 1 amide bonds. The Balaban J connectivity index is 1.69. The van der Waals surface area contributed by atoms with Crippen LogP contribution in [0.1, 0.15) is 24.8 Å². The Kier molecular flexibility index (Phi) is 3.83. The molecule has 140 valence electrons. The number of nitrogens with zero attached hydrogens (tertiary/aromatic N) is 2. The summed E-state index contributed by atoms with van der Waals surface area (Å²) < 4.78 is 2.13. The number of carbonyl (C=O) groups excluding carboxylic acids is 1. The van der Waals surface area contributed by atoms with Gasteiger partial charge in [-0.1, -0.05) is 12.1 Å². The number of aromatic amines is 1. The van der Waals surface area contributed by atoms with E-state index in [0.717, 1.165) is 35.0 Å². The molecular weight excluding hydrogens is 348 g/mol. The van der Waals surface area contributed by atoms with Crippen molar-refractivity contribution in [3.63, 3.8) is 0 Å². The lowest BCUT2D eigenvalue weighted by Gasteiger charge is -2.22. The fraction of sp³-hybridized carbons (Fsp3) is 0.217. The molecule has 0 aliphatic heterocycles. The second kappa shape index (κ2) is 6.37. The van der Waals surface area contributed by atoms with Gasteiger partial charge in [-0.3, -0.25) is 4.79 Å². The van der Waals surface area contributed by atoms with E-state index in [1.807, 2.05) is 12.4 Å². The maximum atomic E-state index is 11.6. The Labute approximate surface area is 162 Å². The number of carbonyl (C=O) groups is 1. The lowest BCUT2D eigenvalue weighted by Crippen LogP contribution is -2.24. The molecule has 0 saturated carbocycles. The first-order chi connectivity index (χ1) is 13.6. The van der Waals surface area contributed by atoms with Crippen LogP contribution in [-0.4, -0.2) is 20.4 Å². The van der Waals surface area contributed by atoms with Crippen LogP contribution in [0.5, 0.6) is 0 Å². The van der Waals surface area contributed by atoms with E-state index >= 15 is 0 Å². The van der Waals surface area contributed by atoms with Gasteiger partial charge in [0.05, 0.1) is 0 Å². The minimum Gasteiger partial charge on any atom is -0.369 e. The number of H-pyrrole nitrogens is 1. The normalized spacial score (nSPS) is 17.2. The van der Waals surface area contributed by atoms with Gasteiger partial charge in [-0.05, 0) is 60.2 Å². The van der Waals surface area contributed by atoms with Gasteiger partial charge in [0, 0.05) is 53.4 Å². The maximum absolute atomic E-state index is 11.6. The molecule has 1 unspecified atom stereocenters. The highest BCUT2D eigenvalue weighted by atomic mass is 16.1. The van der Waals surface area contributed by atoms with E-state index in [0.29, 0.717) is 6.42 Å². The van der Waals surface area contributed by atoms with Crippen molar-refractivity contribution >= 4 is 33.4 Å². The first-order valence-electron chi connectivity index (χ1n) is 9.62. The minimum atomic E-state index is -0.202. The number of primary amides is 1. The van der Waals surface area contributed by atoms with Gasteiger partial charge in [0.1, 0.15) is 5.65 Å². The second-order valence-electron chi connectivity index (χ2n) is 7.59. The number of allylic oxidation sites excluding steroid dienone is 2. The van der Waals surface area contributed by atoms with E-state index in [1.165, 1.54) is 22.0 Å². The van der Waals surface area contributed by atoms with Gasteiger partial charge in [0.25, 0.3) is 0 Å². The monoisotopic (exact) mass is 370 g/mol. The molecule has 5 heteroatoms. The van der Waals surface area contributed by atoms with E-state index in [4.69, 9.17) is 5.73 Å². The summed E-state index contributed by atoms with van der Waals surface area (Å²) in [5.41, 5.74) is 12.4. The number of pyridine rings is 1. The van der Waals surface area contributed by atoms with Crippen LogP contribution in [0.15, 0.2) is 55.0 Å². The number of amides is 1. The molecular formula is C23H22N4O. The van der Waals surface area contributed by atoms with Crippen molar-refractivity contribution in [2.45, 2.75) is 19.3 Å². The molecule has 5 nitrogen and oxygen atoms in total. The molecule has 1 atom stereocenters. The number of hydrogen-bond acceptors (Lipinski definition) is 2. The van der Waals surface area contributed by atoms with Crippen molar-refractivity contribution in [3.05, 3.63) is 60.6 Å². The van der Waals surface area contributed by atoms with Crippen molar-refractivity contribution in [2.75, 3.05) is 0 Å². The average molecular weight is 370 g/mol. The van der Waals surface area contributed by atoms with Crippen molar-refractivity contribution in [1.29, 1.82) is 0 Å². The molecule has 3 heterocycles. The van der Waals surface area contributed by atoms with E-state index in [-0.39, 0.29) is 11.8 Å². The van der Waals surface area contributed by atoms with Crippen LogP contribution in [0.25, 0.3) is 38.6 Å². The zero-order valence-corrected chi connectivity index (χ0v) is 15.8. The number of benzene rings is 1. The maximum Gasteiger partial charge on any atom is 0.220 e.